The number of hydrogen-bond acceptors (Lipinski definition) is 1. The van der Waals surface area contributed by atoms with Crippen molar-refractivity contribution in [2.45, 2.75) is 13.8 Å². The average Bonchev–Trinajstić information content (AvgIpc) is 2.42. The lowest BCUT2D eigenvalue weighted by molar-refractivity contribution is -0.114. The number of nitrogens with zero attached hydrogens (tertiary/aromatic N) is 1. The summed E-state index contributed by atoms with van der Waals surface area (Å²) in [6.45, 7) is 7.51. The molecule has 0 aliphatic heterocycles. The van der Waals surface area contributed by atoms with Crippen molar-refractivity contribution in [3.8, 4) is 0 Å². The molecule has 2 nitrogen and oxygen atoms in total. The molecule has 0 saturated carbocycles. The number of hydrogen-bond donors (Lipinski definition) is 0. The molecule has 2 rings (SSSR count). The Morgan fingerprint density at radius 1 is 0.947 bits per heavy atom. The summed E-state index contributed by atoms with van der Waals surface area (Å²) in [5.41, 5.74) is 3.38. The summed E-state index contributed by atoms with van der Waals surface area (Å²) in [5.74, 6) is -0.0879. The van der Waals surface area contributed by atoms with E-state index in [9.17, 15) is 4.79 Å². The maximum absolute atomic E-state index is 12.4. The topological polar surface area (TPSA) is 20.3 Å². The number of benzene rings is 2. The quantitative estimate of drug-likeness (QED) is 0.747. The Balaban J connectivity index is 2.49. The molecule has 0 atom stereocenters. The minimum atomic E-state index is -0.0879. The van der Waals surface area contributed by atoms with Gasteiger partial charge in [-0.3, -0.25) is 9.69 Å². The Kier molecular flexibility index (Phi) is 3.81. The second-order valence-corrected chi connectivity index (χ2v) is 4.59. The molecule has 2 aromatic carbocycles. The number of anilines is 2. The molecule has 0 unspecified atom stereocenters. The van der Waals surface area contributed by atoms with E-state index < -0.39 is 0 Å². The van der Waals surface area contributed by atoms with Crippen molar-refractivity contribution >= 4 is 17.3 Å². The van der Waals surface area contributed by atoms with Crippen molar-refractivity contribution in [1.29, 1.82) is 0 Å². The van der Waals surface area contributed by atoms with E-state index in [0.29, 0.717) is 5.57 Å². The van der Waals surface area contributed by atoms with Crippen molar-refractivity contribution in [2.75, 3.05) is 4.90 Å². The Bertz CT molecular complexity index is 584. The number of carbonyl (C=O) groups is 1. The highest BCUT2D eigenvalue weighted by molar-refractivity contribution is 6.09. The van der Waals surface area contributed by atoms with Gasteiger partial charge in [0, 0.05) is 16.9 Å². The highest BCUT2D eigenvalue weighted by Gasteiger charge is 2.17. The van der Waals surface area contributed by atoms with Gasteiger partial charge in [0.25, 0.3) is 5.91 Å². The van der Waals surface area contributed by atoms with Gasteiger partial charge in [-0.15, -0.1) is 0 Å². The van der Waals surface area contributed by atoms with Gasteiger partial charge in [-0.1, -0.05) is 42.5 Å². The van der Waals surface area contributed by atoms with Crippen molar-refractivity contribution in [1.82, 2.24) is 0 Å². The highest BCUT2D eigenvalue weighted by atomic mass is 16.2. The molecule has 2 aromatic rings. The predicted molar refractivity (Wildman–Crippen MR) is 79.6 cm³/mol. The zero-order valence-electron chi connectivity index (χ0n) is 11.3. The first kappa shape index (κ1) is 13.1. The van der Waals surface area contributed by atoms with E-state index in [0.717, 1.165) is 11.4 Å². The van der Waals surface area contributed by atoms with Crippen LogP contribution in [0.5, 0.6) is 0 Å². The number of carbonyl (C=O) groups excluding carboxylic acids is 1. The fourth-order valence-electron chi connectivity index (χ4n) is 1.85. The summed E-state index contributed by atoms with van der Waals surface area (Å²) >= 11 is 0. The van der Waals surface area contributed by atoms with Gasteiger partial charge in [-0.2, -0.15) is 0 Å². The minimum Gasteiger partial charge on any atom is -0.277 e. The largest absolute Gasteiger partial charge is 0.277 e. The fraction of sp³-hybridized carbons (Fsp3) is 0.118. The first-order valence-corrected chi connectivity index (χ1v) is 6.21. The lowest BCUT2D eigenvalue weighted by Gasteiger charge is -2.23. The van der Waals surface area contributed by atoms with Crippen LogP contribution in [0.25, 0.3) is 0 Å². The van der Waals surface area contributed by atoms with E-state index in [4.69, 9.17) is 0 Å². The van der Waals surface area contributed by atoms with Crippen molar-refractivity contribution in [2.24, 2.45) is 0 Å². The Hall–Kier alpha value is -2.35. The molecule has 0 fully saturated rings. The zero-order valence-corrected chi connectivity index (χ0v) is 11.3. The molecule has 2 heteroatoms. The molecule has 1 amide bonds. The third-order valence-corrected chi connectivity index (χ3v) is 2.87. The highest BCUT2D eigenvalue weighted by Crippen LogP contribution is 2.26. The summed E-state index contributed by atoms with van der Waals surface area (Å²) in [5, 5.41) is 0. The molecule has 96 valence electrons. The summed E-state index contributed by atoms with van der Waals surface area (Å²) in [6.07, 6.45) is 0. The Labute approximate surface area is 114 Å². The van der Waals surface area contributed by atoms with Crippen LogP contribution in [0.3, 0.4) is 0 Å². The Morgan fingerprint density at radius 3 is 2.00 bits per heavy atom. The van der Waals surface area contributed by atoms with E-state index in [1.165, 1.54) is 5.56 Å². The van der Waals surface area contributed by atoms with Crippen LogP contribution in [0.2, 0.25) is 0 Å². The van der Waals surface area contributed by atoms with Gasteiger partial charge in [0.05, 0.1) is 0 Å². The van der Waals surface area contributed by atoms with Crippen LogP contribution in [-0.2, 0) is 4.79 Å². The summed E-state index contributed by atoms with van der Waals surface area (Å²) < 4.78 is 0. The molecule has 0 bridgehead atoms. The first-order chi connectivity index (χ1) is 9.09. The molecule has 0 aromatic heterocycles. The van der Waals surface area contributed by atoms with Gasteiger partial charge in [0.15, 0.2) is 0 Å². The number of para-hydroxylation sites is 1. The molecule has 19 heavy (non-hydrogen) atoms. The molecule has 0 aliphatic rings. The summed E-state index contributed by atoms with van der Waals surface area (Å²) in [4.78, 5) is 14.0. The lowest BCUT2D eigenvalue weighted by atomic mass is 10.1. The van der Waals surface area contributed by atoms with Gasteiger partial charge in [-0.05, 0) is 38.1 Å². The van der Waals surface area contributed by atoms with E-state index >= 15 is 0 Å². The van der Waals surface area contributed by atoms with Crippen LogP contribution in [0.15, 0.2) is 66.7 Å². The monoisotopic (exact) mass is 251 g/mol. The van der Waals surface area contributed by atoms with Gasteiger partial charge in [-0.25, -0.2) is 0 Å². The predicted octanol–water partition coefficient (Wildman–Crippen LogP) is 4.24. The van der Waals surface area contributed by atoms with E-state index in [-0.39, 0.29) is 5.91 Å². The molecular weight excluding hydrogens is 234 g/mol. The van der Waals surface area contributed by atoms with Gasteiger partial charge in [0.2, 0.25) is 0 Å². The van der Waals surface area contributed by atoms with Crippen molar-refractivity contribution in [3.05, 3.63) is 72.3 Å². The smallest absolute Gasteiger partial charge is 0.257 e. The minimum absolute atomic E-state index is 0.0879. The van der Waals surface area contributed by atoms with Crippen molar-refractivity contribution < 1.29 is 4.79 Å². The van der Waals surface area contributed by atoms with Crippen LogP contribution >= 0.6 is 0 Å². The number of amides is 1. The number of rotatable bonds is 3. The van der Waals surface area contributed by atoms with Gasteiger partial charge >= 0.3 is 0 Å². The molecule has 0 heterocycles. The standard InChI is InChI=1S/C17H17NO/c1-13(2)17(19)18(15-7-5-4-6-8-15)16-11-9-14(3)10-12-16/h4-12H,1H2,2-3H3. The maximum Gasteiger partial charge on any atom is 0.257 e. The van der Waals surface area contributed by atoms with E-state index in [2.05, 4.69) is 6.58 Å². The molecule has 0 saturated heterocycles. The van der Waals surface area contributed by atoms with Crippen LogP contribution < -0.4 is 4.90 Å². The molecule has 0 aliphatic carbocycles. The average molecular weight is 251 g/mol. The fourth-order valence-corrected chi connectivity index (χ4v) is 1.85. The lowest BCUT2D eigenvalue weighted by Crippen LogP contribution is -2.26. The molecule has 0 N–H and O–H groups in total. The normalized spacial score (nSPS) is 10.0. The molecule has 0 radical (unpaired) electrons. The van der Waals surface area contributed by atoms with E-state index in [1.807, 2.05) is 61.5 Å². The number of aryl methyl sites for hydroxylation is 1. The summed E-state index contributed by atoms with van der Waals surface area (Å²) in [7, 11) is 0. The zero-order chi connectivity index (χ0) is 13.8. The third-order valence-electron chi connectivity index (χ3n) is 2.87. The second kappa shape index (κ2) is 5.53. The maximum atomic E-state index is 12.4. The van der Waals surface area contributed by atoms with Gasteiger partial charge < -0.3 is 0 Å². The van der Waals surface area contributed by atoms with E-state index in [1.54, 1.807) is 11.8 Å². The molecule has 0 spiro atoms. The third kappa shape index (κ3) is 2.91. The van der Waals surface area contributed by atoms with Crippen LogP contribution in [0, 0.1) is 6.92 Å². The SMILES string of the molecule is C=C(C)C(=O)N(c1ccccc1)c1ccc(C)cc1. The Morgan fingerprint density at radius 2 is 1.47 bits per heavy atom. The van der Waals surface area contributed by atoms with Crippen molar-refractivity contribution in [3.63, 3.8) is 0 Å². The van der Waals surface area contributed by atoms with Gasteiger partial charge in [0.1, 0.15) is 0 Å². The van der Waals surface area contributed by atoms with Crippen LogP contribution in [0.1, 0.15) is 12.5 Å². The first-order valence-electron chi connectivity index (χ1n) is 6.21. The summed E-state index contributed by atoms with van der Waals surface area (Å²) in [6, 6.07) is 17.5. The van der Waals surface area contributed by atoms with Crippen LogP contribution in [0.4, 0.5) is 11.4 Å². The second-order valence-electron chi connectivity index (χ2n) is 4.59. The molecular formula is C17H17NO. The van der Waals surface area contributed by atoms with Crippen LogP contribution in [-0.4, -0.2) is 5.91 Å².